The number of nitrogens with zero attached hydrogens (tertiary/aromatic N) is 2. The molecule has 2 aromatic rings. The monoisotopic (exact) mass is 479 g/mol. The molecule has 0 aliphatic rings. The molecule has 0 fully saturated rings. The van der Waals surface area contributed by atoms with Crippen LogP contribution in [0, 0.1) is 0 Å². The van der Waals surface area contributed by atoms with Crippen molar-refractivity contribution in [2.75, 3.05) is 24.2 Å². The molecule has 0 saturated heterocycles. The predicted octanol–water partition coefficient (Wildman–Crippen LogP) is 3.39. The van der Waals surface area contributed by atoms with Crippen LogP contribution in [0.3, 0.4) is 0 Å². The van der Waals surface area contributed by atoms with E-state index in [9.17, 15) is 18.0 Å². The Hall–Kier alpha value is -2.58. The molecule has 1 atom stereocenters. The molecule has 174 valence electrons. The minimum Gasteiger partial charge on any atom is -0.357 e. The van der Waals surface area contributed by atoms with Gasteiger partial charge in [0.25, 0.3) is 0 Å². The van der Waals surface area contributed by atoms with E-state index in [1.165, 1.54) is 11.9 Å². The topological polar surface area (TPSA) is 86.8 Å². The van der Waals surface area contributed by atoms with Gasteiger partial charge in [-0.15, -0.1) is 0 Å². The molecule has 9 heteroatoms. The van der Waals surface area contributed by atoms with Crippen LogP contribution in [0.1, 0.15) is 37.8 Å². The van der Waals surface area contributed by atoms with Crippen LogP contribution in [-0.4, -0.2) is 51.0 Å². The van der Waals surface area contributed by atoms with Gasteiger partial charge in [-0.25, -0.2) is 8.42 Å². The number of nitrogens with one attached hydrogen (secondary N) is 1. The highest BCUT2D eigenvalue weighted by Crippen LogP contribution is 2.23. The summed E-state index contributed by atoms with van der Waals surface area (Å²) in [5, 5.41) is 3.04. The molecule has 2 rings (SSSR count). The van der Waals surface area contributed by atoms with Gasteiger partial charge >= 0.3 is 0 Å². The first-order valence-electron chi connectivity index (χ1n) is 10.3. The summed E-state index contributed by atoms with van der Waals surface area (Å²) in [5.74, 6) is -0.564. The number of hydrogen-bond acceptors (Lipinski definition) is 4. The van der Waals surface area contributed by atoms with Crippen LogP contribution in [-0.2, 0) is 26.2 Å². The third-order valence-electron chi connectivity index (χ3n) is 5.18. The average Bonchev–Trinajstić information content (AvgIpc) is 2.74. The number of hydrogen-bond donors (Lipinski definition) is 1. The lowest BCUT2D eigenvalue weighted by molar-refractivity contribution is -0.139. The van der Waals surface area contributed by atoms with E-state index in [1.54, 1.807) is 43.3 Å². The highest BCUT2D eigenvalue weighted by atomic mass is 35.5. The van der Waals surface area contributed by atoms with Crippen molar-refractivity contribution in [2.24, 2.45) is 0 Å². The maximum Gasteiger partial charge on any atom is 0.244 e. The SMILES string of the molecule is CNC(=O)C(C)N(Cc1cccc(Cl)c1)C(=O)CN(c1ccc(C(C)C)cc1)S(C)(=O)=O. The molecule has 0 aliphatic heterocycles. The number of halogens is 1. The largest absolute Gasteiger partial charge is 0.357 e. The molecule has 0 saturated carbocycles. The molecule has 1 N–H and O–H groups in total. The summed E-state index contributed by atoms with van der Waals surface area (Å²) < 4.78 is 26.1. The number of amides is 2. The molecule has 0 aliphatic carbocycles. The molecule has 1 unspecified atom stereocenters. The van der Waals surface area contributed by atoms with E-state index in [-0.39, 0.29) is 12.5 Å². The summed E-state index contributed by atoms with van der Waals surface area (Å²) in [6, 6.07) is 13.2. The zero-order valence-electron chi connectivity index (χ0n) is 19.0. The minimum absolute atomic E-state index is 0.109. The van der Waals surface area contributed by atoms with Crippen LogP contribution >= 0.6 is 11.6 Å². The lowest BCUT2D eigenvalue weighted by Gasteiger charge is -2.31. The summed E-state index contributed by atoms with van der Waals surface area (Å²) in [4.78, 5) is 27.0. The van der Waals surface area contributed by atoms with Crippen molar-refractivity contribution >= 4 is 39.1 Å². The number of rotatable bonds is 9. The van der Waals surface area contributed by atoms with E-state index in [2.05, 4.69) is 5.32 Å². The Morgan fingerprint density at radius 1 is 1.06 bits per heavy atom. The summed E-state index contributed by atoms with van der Waals surface area (Å²) in [6.45, 7) is 5.37. The van der Waals surface area contributed by atoms with Gasteiger partial charge in [0.15, 0.2) is 0 Å². The normalized spacial score (nSPS) is 12.3. The lowest BCUT2D eigenvalue weighted by atomic mass is 10.0. The Bertz CT molecular complexity index is 1060. The Kier molecular flexibility index (Phi) is 8.69. The molecule has 0 heterocycles. The molecule has 2 amide bonds. The van der Waals surface area contributed by atoms with Crippen molar-refractivity contribution in [3.8, 4) is 0 Å². The van der Waals surface area contributed by atoms with Crippen LogP contribution < -0.4 is 9.62 Å². The van der Waals surface area contributed by atoms with Crippen LogP contribution in [0.15, 0.2) is 48.5 Å². The fourth-order valence-corrected chi connectivity index (χ4v) is 4.33. The summed E-state index contributed by atoms with van der Waals surface area (Å²) in [5.41, 5.74) is 2.18. The van der Waals surface area contributed by atoms with Gasteiger partial charge in [-0.05, 0) is 48.2 Å². The number of carbonyl (C=O) groups excluding carboxylic acids is 2. The number of benzene rings is 2. The molecular formula is C23H30ClN3O4S. The average molecular weight is 480 g/mol. The fraction of sp³-hybridized carbons (Fsp3) is 0.391. The van der Waals surface area contributed by atoms with Gasteiger partial charge in [-0.1, -0.05) is 49.7 Å². The number of carbonyl (C=O) groups is 2. The third-order valence-corrected chi connectivity index (χ3v) is 6.56. The van der Waals surface area contributed by atoms with E-state index in [0.717, 1.165) is 21.7 Å². The van der Waals surface area contributed by atoms with Crippen molar-refractivity contribution in [3.63, 3.8) is 0 Å². The Labute approximate surface area is 195 Å². The quantitative estimate of drug-likeness (QED) is 0.597. The van der Waals surface area contributed by atoms with Gasteiger partial charge in [0.2, 0.25) is 21.8 Å². The maximum atomic E-state index is 13.3. The molecule has 0 bridgehead atoms. The van der Waals surface area contributed by atoms with Gasteiger partial charge in [0.05, 0.1) is 11.9 Å². The van der Waals surface area contributed by atoms with Crippen molar-refractivity contribution in [3.05, 3.63) is 64.7 Å². The van der Waals surface area contributed by atoms with E-state index >= 15 is 0 Å². The van der Waals surface area contributed by atoms with E-state index < -0.39 is 28.5 Å². The van der Waals surface area contributed by atoms with Crippen molar-refractivity contribution < 1.29 is 18.0 Å². The van der Waals surface area contributed by atoms with Crippen molar-refractivity contribution in [2.45, 2.75) is 39.3 Å². The van der Waals surface area contributed by atoms with Gasteiger partial charge in [0.1, 0.15) is 12.6 Å². The second-order valence-electron chi connectivity index (χ2n) is 7.96. The Morgan fingerprint density at radius 2 is 1.69 bits per heavy atom. The van der Waals surface area contributed by atoms with Crippen LogP contribution in [0.4, 0.5) is 5.69 Å². The maximum absolute atomic E-state index is 13.3. The third kappa shape index (κ3) is 6.71. The highest BCUT2D eigenvalue weighted by molar-refractivity contribution is 7.92. The number of likely N-dealkylation sites (N-methyl/N-ethyl adjacent to an activating group) is 1. The zero-order chi connectivity index (χ0) is 24.1. The minimum atomic E-state index is -3.75. The van der Waals surface area contributed by atoms with E-state index in [1.807, 2.05) is 26.0 Å². The smallest absolute Gasteiger partial charge is 0.244 e. The van der Waals surface area contributed by atoms with Crippen LogP contribution in [0.25, 0.3) is 0 Å². The molecule has 2 aromatic carbocycles. The predicted molar refractivity (Wildman–Crippen MR) is 128 cm³/mol. The van der Waals surface area contributed by atoms with Crippen molar-refractivity contribution in [1.82, 2.24) is 10.2 Å². The zero-order valence-corrected chi connectivity index (χ0v) is 20.6. The Balaban J connectivity index is 2.37. The molecule has 0 radical (unpaired) electrons. The van der Waals surface area contributed by atoms with E-state index in [0.29, 0.717) is 16.6 Å². The molecular weight excluding hydrogens is 450 g/mol. The number of anilines is 1. The molecule has 32 heavy (non-hydrogen) atoms. The number of sulfonamides is 1. The first-order valence-corrected chi connectivity index (χ1v) is 12.5. The summed E-state index contributed by atoms with van der Waals surface area (Å²) >= 11 is 6.07. The first kappa shape index (κ1) is 25.7. The first-order chi connectivity index (χ1) is 14.9. The fourth-order valence-electron chi connectivity index (χ4n) is 3.26. The molecule has 0 aromatic heterocycles. The summed E-state index contributed by atoms with van der Waals surface area (Å²) in [7, 11) is -2.26. The summed E-state index contributed by atoms with van der Waals surface area (Å²) in [6.07, 6.45) is 1.06. The Morgan fingerprint density at radius 3 is 2.19 bits per heavy atom. The molecule has 0 spiro atoms. The standard InChI is InChI=1S/C23H30ClN3O4S/c1-16(2)19-9-11-21(12-10-19)27(32(5,30)31)15-22(28)26(17(3)23(29)25-4)14-18-7-6-8-20(24)13-18/h6-13,16-17H,14-15H2,1-5H3,(H,25,29). The van der Waals surface area contributed by atoms with Gasteiger partial charge in [-0.3, -0.25) is 13.9 Å². The lowest BCUT2D eigenvalue weighted by Crippen LogP contribution is -2.50. The van der Waals surface area contributed by atoms with Gasteiger partial charge < -0.3 is 10.2 Å². The van der Waals surface area contributed by atoms with Gasteiger partial charge in [-0.2, -0.15) is 0 Å². The van der Waals surface area contributed by atoms with E-state index in [4.69, 9.17) is 11.6 Å². The molecule has 7 nitrogen and oxygen atoms in total. The van der Waals surface area contributed by atoms with Crippen LogP contribution in [0.2, 0.25) is 5.02 Å². The van der Waals surface area contributed by atoms with Gasteiger partial charge in [0, 0.05) is 18.6 Å². The van der Waals surface area contributed by atoms with Crippen molar-refractivity contribution in [1.29, 1.82) is 0 Å². The second kappa shape index (κ2) is 10.8. The highest BCUT2D eigenvalue weighted by Gasteiger charge is 2.29. The van der Waals surface area contributed by atoms with Crippen LogP contribution in [0.5, 0.6) is 0 Å². The second-order valence-corrected chi connectivity index (χ2v) is 10.3.